The van der Waals surface area contributed by atoms with Gasteiger partial charge in [0.2, 0.25) is 0 Å². The van der Waals surface area contributed by atoms with Crippen LogP contribution in [0.25, 0.3) is 21.6 Å². The molecule has 2 rings (SSSR count). The highest BCUT2D eigenvalue weighted by Gasteiger charge is 2.02. The molecule has 4 heteroatoms. The van der Waals surface area contributed by atoms with Crippen molar-refractivity contribution in [3.05, 3.63) is 64.8 Å². The Hall–Kier alpha value is -2.32. The van der Waals surface area contributed by atoms with Crippen LogP contribution < -0.4 is 0 Å². The third-order valence-electron chi connectivity index (χ3n) is 2.21. The molecule has 16 heavy (non-hydrogen) atoms. The molecule has 0 fully saturated rings. The lowest BCUT2D eigenvalue weighted by Gasteiger charge is -2.02. The van der Waals surface area contributed by atoms with Crippen LogP contribution in [0.2, 0.25) is 0 Å². The van der Waals surface area contributed by atoms with E-state index in [1.807, 2.05) is 30.3 Å². The minimum atomic E-state index is -0.515. The van der Waals surface area contributed by atoms with Gasteiger partial charge in [-0.1, -0.05) is 41.5 Å². The molecule has 0 aliphatic carbocycles. The summed E-state index contributed by atoms with van der Waals surface area (Å²) in [6.07, 6.45) is 0. The van der Waals surface area contributed by atoms with Crippen LogP contribution in [-0.2, 0) is 0 Å². The lowest BCUT2D eigenvalue weighted by molar-refractivity contribution is 0.630. The van der Waals surface area contributed by atoms with Crippen LogP contribution >= 0.6 is 0 Å². The third-order valence-corrected chi connectivity index (χ3v) is 2.21. The zero-order valence-corrected chi connectivity index (χ0v) is 8.34. The van der Waals surface area contributed by atoms with Crippen molar-refractivity contribution in [2.45, 2.75) is 0 Å². The molecule has 3 nitrogen and oxygen atoms in total. The van der Waals surface area contributed by atoms with Crippen molar-refractivity contribution in [3.8, 4) is 11.1 Å². The Balaban J connectivity index is 2.46. The second-order valence-electron chi connectivity index (χ2n) is 3.22. The largest absolute Gasteiger partial charge is 0.206 e. The average Bonchev–Trinajstić information content (AvgIpc) is 2.33. The first-order valence-electron chi connectivity index (χ1n) is 4.71. The maximum Gasteiger partial charge on any atom is 0.133 e. The lowest BCUT2D eigenvalue weighted by Crippen LogP contribution is -1.80. The summed E-state index contributed by atoms with van der Waals surface area (Å²) in [7, 11) is 0. The first kappa shape index (κ1) is 10.2. The van der Waals surface area contributed by atoms with Crippen LogP contribution in [0.1, 0.15) is 0 Å². The maximum atomic E-state index is 13.5. The molecule has 0 spiro atoms. The fraction of sp³-hybridized carbons (Fsp3) is 0. The van der Waals surface area contributed by atoms with Gasteiger partial charge in [-0.3, -0.25) is 0 Å². The quantitative estimate of drug-likeness (QED) is 0.402. The van der Waals surface area contributed by atoms with Gasteiger partial charge in [0.15, 0.2) is 0 Å². The first-order chi connectivity index (χ1) is 7.81. The normalized spacial score (nSPS) is 9.56. The number of halogens is 1. The average molecular weight is 213 g/mol. The molecule has 2 aromatic carbocycles. The zero-order chi connectivity index (χ0) is 11.4. The van der Waals surface area contributed by atoms with E-state index in [4.69, 9.17) is 5.53 Å². The van der Waals surface area contributed by atoms with Crippen molar-refractivity contribution in [1.29, 1.82) is 0 Å². The van der Waals surface area contributed by atoms with Crippen molar-refractivity contribution >= 4 is 5.69 Å². The van der Waals surface area contributed by atoms with Gasteiger partial charge in [-0.15, -0.1) is 0 Å². The molecule has 0 aromatic heterocycles. The number of rotatable bonds is 2. The molecule has 0 atom stereocenters. The van der Waals surface area contributed by atoms with Gasteiger partial charge < -0.3 is 0 Å². The first-order valence-corrected chi connectivity index (χ1v) is 4.71. The molecule has 0 N–H and O–H groups in total. The monoisotopic (exact) mass is 213 g/mol. The molecule has 0 radical (unpaired) electrons. The van der Waals surface area contributed by atoms with E-state index in [2.05, 4.69) is 10.0 Å². The number of hydrogen-bond acceptors (Lipinski definition) is 1. The predicted octanol–water partition coefficient (Wildman–Crippen LogP) is 4.43. The minimum absolute atomic E-state index is 0.0159. The smallest absolute Gasteiger partial charge is 0.133 e. The predicted molar refractivity (Wildman–Crippen MR) is 60.6 cm³/mol. The Morgan fingerprint density at radius 2 is 1.75 bits per heavy atom. The van der Waals surface area contributed by atoms with Gasteiger partial charge in [-0.2, -0.15) is 0 Å². The highest BCUT2D eigenvalue weighted by molar-refractivity contribution is 5.65. The Kier molecular flexibility index (Phi) is 2.85. The van der Waals surface area contributed by atoms with Crippen LogP contribution in [0.3, 0.4) is 0 Å². The highest BCUT2D eigenvalue weighted by Crippen LogP contribution is 2.25. The van der Waals surface area contributed by atoms with E-state index < -0.39 is 5.82 Å². The molecule has 0 unspecified atom stereocenters. The number of benzene rings is 2. The van der Waals surface area contributed by atoms with Crippen molar-refractivity contribution in [1.82, 2.24) is 0 Å². The highest BCUT2D eigenvalue weighted by atomic mass is 19.1. The van der Waals surface area contributed by atoms with Crippen LogP contribution in [0, 0.1) is 5.82 Å². The summed E-state index contributed by atoms with van der Waals surface area (Å²) in [4.78, 5) is 2.55. The van der Waals surface area contributed by atoms with E-state index >= 15 is 0 Å². The van der Waals surface area contributed by atoms with E-state index in [0.717, 1.165) is 11.1 Å². The Bertz CT molecular complexity index is 545. The molecule has 0 heterocycles. The standard InChI is InChI=1S/C12H8FN3/c13-11-8-10(6-7-12(11)15-16-14)9-4-2-1-3-5-9/h1-8H. The van der Waals surface area contributed by atoms with Crippen LogP contribution in [-0.4, -0.2) is 0 Å². The van der Waals surface area contributed by atoms with Crippen molar-refractivity contribution in [3.63, 3.8) is 0 Å². The summed E-state index contributed by atoms with van der Waals surface area (Å²) in [5.41, 5.74) is 9.92. The van der Waals surface area contributed by atoms with E-state index in [1.54, 1.807) is 6.07 Å². The summed E-state index contributed by atoms with van der Waals surface area (Å²) in [6, 6.07) is 14.0. The molecular formula is C12H8FN3. The van der Waals surface area contributed by atoms with E-state index in [9.17, 15) is 4.39 Å². The van der Waals surface area contributed by atoms with Crippen LogP contribution in [0.15, 0.2) is 53.6 Å². The van der Waals surface area contributed by atoms with Crippen LogP contribution in [0.5, 0.6) is 0 Å². The Morgan fingerprint density at radius 1 is 1.00 bits per heavy atom. The summed E-state index contributed by atoms with van der Waals surface area (Å²) in [5, 5.41) is 3.25. The molecule has 0 aliphatic heterocycles. The van der Waals surface area contributed by atoms with Gasteiger partial charge in [-0.25, -0.2) is 4.39 Å². The topological polar surface area (TPSA) is 48.8 Å². The SMILES string of the molecule is [N-]=[N+]=Nc1ccc(-c2ccccc2)cc1F. The van der Waals surface area contributed by atoms with E-state index in [0.29, 0.717) is 0 Å². The summed E-state index contributed by atoms with van der Waals surface area (Å²) in [6.45, 7) is 0. The number of hydrogen-bond donors (Lipinski definition) is 0. The minimum Gasteiger partial charge on any atom is -0.206 e. The summed E-state index contributed by atoms with van der Waals surface area (Å²) in [5.74, 6) is -0.515. The summed E-state index contributed by atoms with van der Waals surface area (Å²) >= 11 is 0. The van der Waals surface area contributed by atoms with Crippen LogP contribution in [0.4, 0.5) is 10.1 Å². The fourth-order valence-corrected chi connectivity index (χ4v) is 1.45. The molecule has 0 saturated heterocycles. The zero-order valence-electron chi connectivity index (χ0n) is 8.34. The van der Waals surface area contributed by atoms with Gasteiger partial charge in [0, 0.05) is 4.91 Å². The molecule has 78 valence electrons. The molecule has 0 saturated carbocycles. The second kappa shape index (κ2) is 4.47. The fourth-order valence-electron chi connectivity index (χ4n) is 1.45. The summed E-state index contributed by atoms with van der Waals surface area (Å²) < 4.78 is 13.5. The lowest BCUT2D eigenvalue weighted by atomic mass is 10.1. The van der Waals surface area contributed by atoms with Gasteiger partial charge in [0.05, 0.1) is 5.69 Å². The van der Waals surface area contributed by atoms with Crippen molar-refractivity contribution in [2.24, 2.45) is 5.11 Å². The molecule has 0 amide bonds. The van der Waals surface area contributed by atoms with Crippen molar-refractivity contribution in [2.75, 3.05) is 0 Å². The Morgan fingerprint density at radius 3 is 2.38 bits per heavy atom. The molecule has 0 aliphatic rings. The van der Waals surface area contributed by atoms with Gasteiger partial charge in [-0.05, 0) is 28.8 Å². The Labute approximate surface area is 91.8 Å². The number of azide groups is 1. The molecule has 0 bridgehead atoms. The van der Waals surface area contributed by atoms with Gasteiger partial charge >= 0.3 is 0 Å². The number of nitrogens with zero attached hydrogens (tertiary/aromatic N) is 3. The van der Waals surface area contributed by atoms with E-state index in [1.165, 1.54) is 12.1 Å². The third kappa shape index (κ3) is 2.02. The van der Waals surface area contributed by atoms with Gasteiger partial charge in [0.25, 0.3) is 0 Å². The van der Waals surface area contributed by atoms with Crippen molar-refractivity contribution < 1.29 is 4.39 Å². The second-order valence-corrected chi connectivity index (χ2v) is 3.22. The molecular weight excluding hydrogens is 205 g/mol. The van der Waals surface area contributed by atoms with E-state index in [-0.39, 0.29) is 5.69 Å². The molecule has 2 aromatic rings. The van der Waals surface area contributed by atoms with Gasteiger partial charge in [0.1, 0.15) is 5.82 Å². The maximum absolute atomic E-state index is 13.5.